The zero-order valence-corrected chi connectivity index (χ0v) is 16.0. The molecule has 1 aromatic heterocycles. The van der Waals surface area contributed by atoms with Crippen molar-refractivity contribution in [3.8, 4) is 11.4 Å². The van der Waals surface area contributed by atoms with Crippen LogP contribution in [0.4, 0.5) is 0 Å². The zero-order chi connectivity index (χ0) is 18.8. The molecule has 0 saturated carbocycles. The summed E-state index contributed by atoms with van der Waals surface area (Å²) in [6, 6.07) is 14.3. The molecule has 0 aliphatic carbocycles. The van der Waals surface area contributed by atoms with Crippen molar-refractivity contribution in [1.82, 2.24) is 15.0 Å². The molecule has 3 aromatic rings. The van der Waals surface area contributed by atoms with Crippen LogP contribution in [0.3, 0.4) is 0 Å². The number of amides is 1. The van der Waals surface area contributed by atoms with Crippen LogP contribution in [0.5, 0.6) is 0 Å². The Labute approximate surface area is 166 Å². The van der Waals surface area contributed by atoms with Crippen molar-refractivity contribution in [2.24, 2.45) is 0 Å². The summed E-state index contributed by atoms with van der Waals surface area (Å²) >= 11 is 11.9. The monoisotopic (exact) mass is 401 g/mol. The minimum atomic E-state index is -0.0281. The van der Waals surface area contributed by atoms with Gasteiger partial charge in [0.25, 0.3) is 5.91 Å². The Bertz CT molecular complexity index is 956. The molecule has 1 atom stereocenters. The number of rotatable bonds is 3. The second-order valence-corrected chi connectivity index (χ2v) is 7.44. The van der Waals surface area contributed by atoms with E-state index in [1.165, 1.54) is 0 Å². The highest BCUT2D eigenvalue weighted by atomic mass is 35.5. The first kappa shape index (κ1) is 18.0. The van der Waals surface area contributed by atoms with Gasteiger partial charge < -0.3 is 9.42 Å². The Kier molecular flexibility index (Phi) is 5.14. The van der Waals surface area contributed by atoms with Crippen LogP contribution in [-0.2, 0) is 0 Å². The lowest BCUT2D eigenvalue weighted by Crippen LogP contribution is -2.39. The van der Waals surface area contributed by atoms with Crippen LogP contribution in [0.25, 0.3) is 11.4 Å². The second kappa shape index (κ2) is 7.71. The molecule has 138 valence electrons. The molecule has 7 heteroatoms. The number of hydrogen-bond donors (Lipinski definition) is 0. The highest BCUT2D eigenvalue weighted by molar-refractivity contribution is 6.31. The molecule has 1 aliphatic heterocycles. The van der Waals surface area contributed by atoms with Gasteiger partial charge in [-0.3, -0.25) is 4.79 Å². The zero-order valence-electron chi connectivity index (χ0n) is 14.4. The fourth-order valence-electron chi connectivity index (χ4n) is 3.28. The van der Waals surface area contributed by atoms with Crippen molar-refractivity contribution >= 4 is 29.1 Å². The molecule has 1 fully saturated rings. The summed E-state index contributed by atoms with van der Waals surface area (Å²) in [7, 11) is 0. The molecule has 0 bridgehead atoms. The molecule has 1 saturated heterocycles. The number of benzene rings is 2. The van der Waals surface area contributed by atoms with E-state index < -0.39 is 0 Å². The van der Waals surface area contributed by atoms with E-state index in [0.29, 0.717) is 40.4 Å². The molecular weight excluding hydrogens is 385 g/mol. The molecule has 27 heavy (non-hydrogen) atoms. The van der Waals surface area contributed by atoms with E-state index in [1.807, 2.05) is 17.0 Å². The lowest BCUT2D eigenvalue weighted by molar-refractivity contribution is 0.0695. The van der Waals surface area contributed by atoms with Crippen molar-refractivity contribution in [2.45, 2.75) is 18.8 Å². The Morgan fingerprint density at radius 2 is 1.93 bits per heavy atom. The van der Waals surface area contributed by atoms with Gasteiger partial charge in [-0.2, -0.15) is 4.98 Å². The summed E-state index contributed by atoms with van der Waals surface area (Å²) in [6.07, 6.45) is 1.79. The molecule has 1 amide bonds. The van der Waals surface area contributed by atoms with Gasteiger partial charge >= 0.3 is 0 Å². The predicted molar refractivity (Wildman–Crippen MR) is 104 cm³/mol. The normalized spacial score (nSPS) is 17.1. The molecule has 1 aliphatic rings. The molecule has 2 heterocycles. The summed E-state index contributed by atoms with van der Waals surface area (Å²) < 4.78 is 5.49. The van der Waals surface area contributed by atoms with Crippen LogP contribution in [0.15, 0.2) is 53.1 Å². The first-order chi connectivity index (χ1) is 13.1. The first-order valence-corrected chi connectivity index (χ1v) is 9.50. The van der Waals surface area contributed by atoms with E-state index in [0.717, 1.165) is 18.4 Å². The third-order valence-corrected chi connectivity index (χ3v) is 5.16. The van der Waals surface area contributed by atoms with Crippen molar-refractivity contribution in [1.29, 1.82) is 0 Å². The topological polar surface area (TPSA) is 59.2 Å². The fourth-order valence-corrected chi connectivity index (χ4v) is 3.60. The average molecular weight is 402 g/mol. The molecule has 1 unspecified atom stereocenters. The third kappa shape index (κ3) is 3.99. The van der Waals surface area contributed by atoms with Gasteiger partial charge in [-0.1, -0.05) is 34.4 Å². The van der Waals surface area contributed by atoms with Crippen molar-refractivity contribution in [2.75, 3.05) is 13.1 Å². The van der Waals surface area contributed by atoms with Crippen molar-refractivity contribution < 1.29 is 9.32 Å². The van der Waals surface area contributed by atoms with E-state index in [1.54, 1.807) is 36.4 Å². The first-order valence-electron chi connectivity index (χ1n) is 8.74. The summed E-state index contributed by atoms with van der Waals surface area (Å²) in [6.45, 7) is 1.26. The number of halogens is 2. The van der Waals surface area contributed by atoms with E-state index in [9.17, 15) is 4.79 Å². The van der Waals surface area contributed by atoms with Gasteiger partial charge in [0.05, 0.1) is 5.92 Å². The SMILES string of the molecule is O=C(c1cccc(Cl)c1)N1CCCC(c2nc(-c3ccc(Cl)cc3)no2)C1. The van der Waals surface area contributed by atoms with Gasteiger partial charge in [0.15, 0.2) is 0 Å². The molecule has 5 nitrogen and oxygen atoms in total. The van der Waals surface area contributed by atoms with Crippen molar-refractivity contribution in [3.05, 3.63) is 70.0 Å². The molecule has 4 rings (SSSR count). The quantitative estimate of drug-likeness (QED) is 0.614. The fraction of sp³-hybridized carbons (Fsp3) is 0.250. The maximum atomic E-state index is 12.8. The van der Waals surface area contributed by atoms with Gasteiger partial charge in [0.1, 0.15) is 0 Å². The van der Waals surface area contributed by atoms with Crippen molar-refractivity contribution in [3.63, 3.8) is 0 Å². The Morgan fingerprint density at radius 1 is 1.11 bits per heavy atom. The van der Waals surface area contributed by atoms with Gasteiger partial charge in [-0.15, -0.1) is 0 Å². The number of piperidine rings is 1. The maximum Gasteiger partial charge on any atom is 0.253 e. The average Bonchev–Trinajstić information content (AvgIpc) is 3.18. The van der Waals surface area contributed by atoms with Crippen LogP contribution in [0.1, 0.15) is 35.0 Å². The Hall–Kier alpha value is -2.37. The minimum Gasteiger partial charge on any atom is -0.339 e. The van der Waals surface area contributed by atoms with E-state index in [2.05, 4.69) is 10.1 Å². The van der Waals surface area contributed by atoms with E-state index in [4.69, 9.17) is 27.7 Å². The number of nitrogens with zero attached hydrogens (tertiary/aromatic N) is 3. The molecule has 2 aromatic carbocycles. The highest BCUT2D eigenvalue weighted by Gasteiger charge is 2.29. The van der Waals surface area contributed by atoms with Crippen LogP contribution in [0.2, 0.25) is 10.0 Å². The van der Waals surface area contributed by atoms with Gasteiger partial charge in [0, 0.05) is 34.3 Å². The summed E-state index contributed by atoms with van der Waals surface area (Å²) in [5.74, 6) is 1.08. The number of hydrogen-bond acceptors (Lipinski definition) is 4. The van der Waals surface area contributed by atoms with E-state index >= 15 is 0 Å². The van der Waals surface area contributed by atoms with Crippen LogP contribution >= 0.6 is 23.2 Å². The maximum absolute atomic E-state index is 12.8. The lowest BCUT2D eigenvalue weighted by atomic mass is 9.97. The lowest BCUT2D eigenvalue weighted by Gasteiger charge is -2.31. The van der Waals surface area contributed by atoms with Crippen LogP contribution in [0, 0.1) is 0 Å². The van der Waals surface area contributed by atoms with Crippen LogP contribution in [-0.4, -0.2) is 34.0 Å². The largest absolute Gasteiger partial charge is 0.339 e. The summed E-state index contributed by atoms with van der Waals surface area (Å²) in [5.41, 5.74) is 1.44. The minimum absolute atomic E-state index is 0.0236. The molecule has 0 radical (unpaired) electrons. The molecule has 0 N–H and O–H groups in total. The second-order valence-electron chi connectivity index (χ2n) is 6.56. The highest BCUT2D eigenvalue weighted by Crippen LogP contribution is 2.29. The summed E-state index contributed by atoms with van der Waals surface area (Å²) in [5, 5.41) is 5.29. The summed E-state index contributed by atoms with van der Waals surface area (Å²) in [4.78, 5) is 19.1. The van der Waals surface area contributed by atoms with Gasteiger partial charge in [0.2, 0.25) is 11.7 Å². The third-order valence-electron chi connectivity index (χ3n) is 4.67. The molecular formula is C20H17Cl2N3O2. The number of carbonyl (C=O) groups is 1. The van der Waals surface area contributed by atoms with Crippen LogP contribution < -0.4 is 0 Å². The van der Waals surface area contributed by atoms with E-state index in [-0.39, 0.29) is 11.8 Å². The standard InChI is InChI=1S/C20H17Cl2N3O2/c21-16-8-6-13(7-9-16)18-23-19(27-24-18)15-4-2-10-25(12-15)20(26)14-3-1-5-17(22)11-14/h1,3,5-9,11,15H,2,4,10,12H2. The Balaban J connectivity index is 1.50. The Morgan fingerprint density at radius 3 is 2.70 bits per heavy atom. The number of likely N-dealkylation sites (tertiary alicyclic amines) is 1. The van der Waals surface area contributed by atoms with Gasteiger partial charge in [-0.25, -0.2) is 0 Å². The number of carbonyl (C=O) groups excluding carboxylic acids is 1. The number of aromatic nitrogens is 2. The smallest absolute Gasteiger partial charge is 0.253 e. The molecule has 0 spiro atoms. The van der Waals surface area contributed by atoms with Gasteiger partial charge in [-0.05, 0) is 55.3 Å². The predicted octanol–water partition coefficient (Wildman–Crippen LogP) is 5.06.